The molecule has 0 saturated heterocycles. The number of para-hydroxylation sites is 2. The fraction of sp³-hybridized carbons (Fsp3) is 0.192. The number of urea groups is 1. The maximum atomic E-state index is 13.8. The summed E-state index contributed by atoms with van der Waals surface area (Å²) in [6.07, 6.45) is 0. The van der Waals surface area contributed by atoms with Crippen LogP contribution in [0.15, 0.2) is 76.0 Å². The third-order valence-electron chi connectivity index (χ3n) is 5.79. The molecule has 0 radical (unpaired) electrons. The summed E-state index contributed by atoms with van der Waals surface area (Å²) < 4.78 is 13.0. The van der Waals surface area contributed by atoms with Gasteiger partial charge < -0.3 is 19.7 Å². The van der Waals surface area contributed by atoms with E-state index in [2.05, 4.69) is 21.2 Å². The number of carbonyl (C=O) groups is 1. The van der Waals surface area contributed by atoms with E-state index in [1.807, 2.05) is 31.2 Å². The van der Waals surface area contributed by atoms with E-state index in [4.69, 9.17) is 14.5 Å². The zero-order valence-corrected chi connectivity index (χ0v) is 21.4. The Morgan fingerprint density at radius 1 is 1.06 bits per heavy atom. The van der Waals surface area contributed by atoms with Crippen molar-refractivity contribution in [2.75, 3.05) is 26.6 Å². The number of aromatic nitrogens is 2. The molecule has 0 aliphatic carbocycles. The van der Waals surface area contributed by atoms with E-state index in [0.717, 1.165) is 0 Å². The fourth-order valence-corrected chi connectivity index (χ4v) is 4.30. The molecule has 8 nitrogen and oxygen atoms in total. The van der Waals surface area contributed by atoms with Crippen molar-refractivity contribution in [2.24, 2.45) is 0 Å². The summed E-state index contributed by atoms with van der Waals surface area (Å²) >= 11 is 3.57. The summed E-state index contributed by atoms with van der Waals surface area (Å²) in [4.78, 5) is 33.2. The third kappa shape index (κ3) is 4.72. The number of hydrogen-bond donors (Lipinski definition) is 1. The number of fused-ring (bicyclic) bond motifs is 1. The Kier molecular flexibility index (Phi) is 7.07. The van der Waals surface area contributed by atoms with E-state index >= 15 is 0 Å². The van der Waals surface area contributed by atoms with Crippen LogP contribution in [0.25, 0.3) is 16.6 Å². The molecule has 1 atom stereocenters. The summed E-state index contributed by atoms with van der Waals surface area (Å²) in [6.45, 7) is 1.82. The topological polar surface area (TPSA) is 85.7 Å². The number of benzene rings is 3. The molecular formula is C26H25BrN4O4. The smallest absolute Gasteiger partial charge is 0.322 e. The average Bonchev–Trinajstić information content (AvgIpc) is 2.88. The Morgan fingerprint density at radius 2 is 1.74 bits per heavy atom. The second kappa shape index (κ2) is 10.2. The van der Waals surface area contributed by atoms with Gasteiger partial charge in [-0.05, 0) is 47.1 Å². The van der Waals surface area contributed by atoms with Crippen LogP contribution in [0.1, 0.15) is 18.8 Å². The quantitative estimate of drug-likeness (QED) is 0.357. The Bertz CT molecular complexity index is 1440. The van der Waals surface area contributed by atoms with Crippen molar-refractivity contribution in [3.8, 4) is 17.2 Å². The van der Waals surface area contributed by atoms with E-state index in [0.29, 0.717) is 44.1 Å². The minimum atomic E-state index is -0.569. The number of ether oxygens (including phenoxy) is 2. The van der Waals surface area contributed by atoms with Gasteiger partial charge in [0.1, 0.15) is 17.3 Å². The van der Waals surface area contributed by atoms with Crippen LogP contribution in [0.4, 0.5) is 10.5 Å². The number of nitrogens with one attached hydrogen (secondary N) is 1. The average molecular weight is 537 g/mol. The van der Waals surface area contributed by atoms with Crippen molar-refractivity contribution in [1.29, 1.82) is 0 Å². The van der Waals surface area contributed by atoms with Crippen LogP contribution >= 0.6 is 15.9 Å². The van der Waals surface area contributed by atoms with Crippen molar-refractivity contribution in [3.05, 3.63) is 87.4 Å². The highest BCUT2D eigenvalue weighted by Crippen LogP contribution is 2.36. The number of halogens is 1. The van der Waals surface area contributed by atoms with Crippen molar-refractivity contribution in [2.45, 2.75) is 13.0 Å². The highest BCUT2D eigenvalue weighted by Gasteiger charge is 2.26. The summed E-state index contributed by atoms with van der Waals surface area (Å²) in [5.41, 5.74) is 1.42. The minimum absolute atomic E-state index is 0.273. The van der Waals surface area contributed by atoms with Gasteiger partial charge in [-0.3, -0.25) is 9.36 Å². The van der Waals surface area contributed by atoms with Gasteiger partial charge in [0.2, 0.25) is 0 Å². The zero-order valence-electron chi connectivity index (χ0n) is 19.8. The van der Waals surface area contributed by atoms with E-state index < -0.39 is 6.04 Å². The number of nitrogens with zero attached hydrogens (tertiary/aromatic N) is 3. The van der Waals surface area contributed by atoms with Crippen LogP contribution in [-0.4, -0.2) is 41.7 Å². The lowest BCUT2D eigenvalue weighted by molar-refractivity contribution is 0.205. The molecule has 1 heterocycles. The van der Waals surface area contributed by atoms with Crippen LogP contribution in [0.2, 0.25) is 0 Å². The van der Waals surface area contributed by atoms with Crippen LogP contribution in [0, 0.1) is 0 Å². The van der Waals surface area contributed by atoms with E-state index in [9.17, 15) is 9.59 Å². The number of rotatable bonds is 6. The third-order valence-corrected chi connectivity index (χ3v) is 6.59. The molecule has 1 N–H and O–H groups in total. The highest BCUT2D eigenvalue weighted by molar-refractivity contribution is 9.10. The van der Waals surface area contributed by atoms with Crippen molar-refractivity contribution < 1.29 is 14.3 Å². The maximum Gasteiger partial charge on any atom is 0.322 e. The first kappa shape index (κ1) is 24.3. The van der Waals surface area contributed by atoms with Gasteiger partial charge in [-0.15, -0.1) is 0 Å². The van der Waals surface area contributed by atoms with Gasteiger partial charge in [-0.1, -0.05) is 30.3 Å². The molecule has 2 amide bonds. The van der Waals surface area contributed by atoms with Gasteiger partial charge in [-0.25, -0.2) is 9.78 Å². The molecule has 9 heteroatoms. The van der Waals surface area contributed by atoms with Gasteiger partial charge in [-0.2, -0.15) is 0 Å². The Morgan fingerprint density at radius 3 is 2.43 bits per heavy atom. The molecule has 0 bridgehead atoms. The van der Waals surface area contributed by atoms with Gasteiger partial charge in [0.25, 0.3) is 5.56 Å². The normalized spacial score (nSPS) is 11.7. The molecule has 0 fully saturated rings. The highest BCUT2D eigenvalue weighted by atomic mass is 79.9. The van der Waals surface area contributed by atoms with Gasteiger partial charge in [0, 0.05) is 24.9 Å². The molecule has 0 aliphatic rings. The van der Waals surface area contributed by atoms with E-state index in [-0.39, 0.29) is 11.6 Å². The Hall–Kier alpha value is -3.85. The van der Waals surface area contributed by atoms with Crippen molar-refractivity contribution >= 4 is 38.6 Å². The van der Waals surface area contributed by atoms with Crippen LogP contribution in [0.3, 0.4) is 0 Å². The molecule has 180 valence electrons. The molecule has 3 aromatic carbocycles. The lowest BCUT2D eigenvalue weighted by atomic mass is 10.2. The number of amides is 2. The molecule has 0 spiro atoms. The molecule has 0 saturated carbocycles. The first-order chi connectivity index (χ1) is 16.8. The standard InChI is InChI=1S/C26H25BrN4O4/c1-16(30(2)26(33)28-17-10-6-5-7-11-17)24-29-20-13-9-8-12-19(20)25(32)31(24)21-14-18(34-3)15-22(35-4)23(21)27/h5-16H,1-4H3,(H,28,33). The van der Waals surface area contributed by atoms with E-state index in [1.54, 1.807) is 56.6 Å². The minimum Gasteiger partial charge on any atom is -0.497 e. The molecule has 4 aromatic rings. The molecular weight excluding hydrogens is 512 g/mol. The maximum absolute atomic E-state index is 13.8. The second-order valence-corrected chi connectivity index (χ2v) is 8.67. The zero-order chi connectivity index (χ0) is 25.1. The van der Waals surface area contributed by atoms with E-state index in [1.165, 1.54) is 16.6 Å². The number of hydrogen-bond acceptors (Lipinski definition) is 5. The molecule has 4 rings (SSSR count). The molecule has 1 unspecified atom stereocenters. The van der Waals surface area contributed by atoms with Crippen LogP contribution in [0.5, 0.6) is 11.5 Å². The largest absolute Gasteiger partial charge is 0.497 e. The summed E-state index contributed by atoms with van der Waals surface area (Å²) in [6, 6.07) is 18.8. The van der Waals surface area contributed by atoms with Crippen LogP contribution < -0.4 is 20.3 Å². The Labute approximate surface area is 211 Å². The lowest BCUT2D eigenvalue weighted by Crippen LogP contribution is -2.37. The van der Waals surface area contributed by atoms with Gasteiger partial charge in [0.15, 0.2) is 0 Å². The number of carbonyl (C=O) groups excluding carboxylic acids is 1. The van der Waals surface area contributed by atoms with Gasteiger partial charge in [0.05, 0.1) is 41.3 Å². The van der Waals surface area contributed by atoms with Crippen molar-refractivity contribution in [1.82, 2.24) is 14.5 Å². The first-order valence-electron chi connectivity index (χ1n) is 10.9. The summed E-state index contributed by atoms with van der Waals surface area (Å²) in [5.74, 6) is 1.39. The fourth-order valence-electron chi connectivity index (χ4n) is 3.73. The van der Waals surface area contributed by atoms with Crippen molar-refractivity contribution in [3.63, 3.8) is 0 Å². The lowest BCUT2D eigenvalue weighted by Gasteiger charge is -2.27. The molecule has 35 heavy (non-hydrogen) atoms. The van der Waals surface area contributed by atoms with Crippen LogP contribution in [-0.2, 0) is 0 Å². The second-order valence-electron chi connectivity index (χ2n) is 7.87. The first-order valence-corrected chi connectivity index (χ1v) is 11.7. The molecule has 1 aromatic heterocycles. The Balaban J connectivity index is 1.89. The predicted molar refractivity (Wildman–Crippen MR) is 140 cm³/mol. The van der Waals surface area contributed by atoms with Gasteiger partial charge >= 0.3 is 6.03 Å². The SMILES string of the molecule is COc1cc(OC)c(Br)c(-n2c(C(C)N(C)C(=O)Nc3ccccc3)nc3ccccc3c2=O)c1. The number of methoxy groups -OCH3 is 2. The number of anilines is 1. The molecule has 0 aliphatic heterocycles. The summed E-state index contributed by atoms with van der Waals surface area (Å²) in [5, 5.41) is 3.33. The summed E-state index contributed by atoms with van der Waals surface area (Å²) in [7, 11) is 4.74. The predicted octanol–water partition coefficient (Wildman–Crippen LogP) is 5.39. The monoisotopic (exact) mass is 536 g/mol.